The molecule has 4 aromatic carbocycles. The van der Waals surface area contributed by atoms with Crippen molar-refractivity contribution >= 4 is 113 Å². The van der Waals surface area contributed by atoms with E-state index in [4.69, 9.17) is 42.6 Å². The molecule has 4 aliphatic carbocycles. The molecule has 8 aromatic heterocycles. The molecule has 0 bridgehead atoms. The number of nitrogens with zero attached hydrogens (tertiary/aromatic N) is 19. The molecule has 5 N–H and O–H groups in total. The summed E-state index contributed by atoms with van der Waals surface area (Å²) in [5.74, 6) is 4.25. The van der Waals surface area contributed by atoms with E-state index in [0.29, 0.717) is 36.4 Å². The van der Waals surface area contributed by atoms with E-state index >= 15 is 0 Å². The van der Waals surface area contributed by atoms with Gasteiger partial charge >= 0.3 is 5.97 Å². The van der Waals surface area contributed by atoms with Crippen molar-refractivity contribution < 1.29 is 57.3 Å². The third kappa shape index (κ3) is 24.2. The predicted octanol–water partition coefficient (Wildman–Crippen LogP) is 13.8. The highest BCUT2D eigenvalue weighted by Gasteiger charge is 2.33. The van der Waals surface area contributed by atoms with Crippen molar-refractivity contribution in [3.05, 3.63) is 183 Å². The number of amides is 1. The summed E-state index contributed by atoms with van der Waals surface area (Å²) in [6, 6.07) is 24.4. The van der Waals surface area contributed by atoms with Crippen LogP contribution in [0, 0.1) is 5.92 Å². The molecule has 0 spiro atoms. The van der Waals surface area contributed by atoms with Crippen LogP contribution in [-0.4, -0.2) is 262 Å². The highest BCUT2D eigenvalue weighted by Crippen LogP contribution is 2.40. The molecule has 4 saturated heterocycles. The van der Waals surface area contributed by atoms with Crippen LogP contribution in [0.4, 0.5) is 51.8 Å². The van der Waals surface area contributed by atoms with Crippen molar-refractivity contribution in [2.75, 3.05) is 178 Å². The molecule has 35 nitrogen and oxygen atoms in total. The topological polar surface area (TPSA) is 382 Å². The Morgan fingerprint density at radius 2 is 0.761 bits per heavy atom. The number of carbonyl (C=O) groups is 2. The summed E-state index contributed by atoms with van der Waals surface area (Å²) < 4.78 is 53.4. The van der Waals surface area contributed by atoms with Crippen LogP contribution in [0.15, 0.2) is 172 Å². The number of benzene rings is 4. The van der Waals surface area contributed by atoms with E-state index in [1.165, 1.54) is 17.8 Å². The standard InChI is InChI=1S/C27H32N6O3.C24H31N7O2.C24H27N5O4.C24H27N5O3/c1-3-23(4-2-21(1)32-27-30-17-20(18-31-27)19-5-11-34-12-6-19)36-25-16-22(33-9-13-35-14-10-33)15-24-26(25)29-8-7-28-24;1-30(2)19-15-27-24(28-16-19)29-17-3-5-20(6-4-17)33-22-14-18(31-9-11-32-12-10-31)13-21-23(22)26-8-7-25-21;30-24(31)16-5-6-26-22(13-16)28-17-1-3-19(4-2-17)33-21-15-18(29-9-11-32-12-10-29)14-20-23(21)27-8-7-25-20;30-24(28-18-2-1-7-25-16-18)17-3-5-20(6-4-17)32-22-15-19(29-10-12-31-13-11-29)14-21-23(22)27-9-8-26-21/h5,7-8,15-18,21,23H,1-4,6,9-14H2,(H,30,31,32);7-8,13-17,20H,3-6,9-12H2,1-2H3,(H,27,28,29);5-8,13-15,17,19H,1-4,9-12H2,(H,26,28)(H,30,31);1-2,7-9,14-17,20H,3-6,10-13H2,(H,28,30). The van der Waals surface area contributed by atoms with Gasteiger partial charge in [0, 0.05) is 217 Å². The van der Waals surface area contributed by atoms with E-state index in [2.05, 4.69) is 165 Å². The van der Waals surface area contributed by atoms with E-state index in [-0.39, 0.29) is 47.8 Å². The Kier molecular flexibility index (Phi) is 30.7. The van der Waals surface area contributed by atoms with E-state index < -0.39 is 5.97 Å². The quantitative estimate of drug-likeness (QED) is 0.0397. The summed E-state index contributed by atoms with van der Waals surface area (Å²) in [6.45, 7) is 14.2. The summed E-state index contributed by atoms with van der Waals surface area (Å²) in [7, 11) is 3.97. The number of morpholine rings is 4. The number of rotatable bonds is 23. The van der Waals surface area contributed by atoms with E-state index in [0.717, 1.165) is 328 Å². The lowest BCUT2D eigenvalue weighted by molar-refractivity contribution is -0.121. The van der Waals surface area contributed by atoms with Gasteiger partial charge in [-0.1, -0.05) is 6.08 Å². The fraction of sp³-hybridized carbons (Fsp3) is 0.455. The number of anilines is 9. The number of hydrogen-bond acceptors (Lipinski definition) is 33. The van der Waals surface area contributed by atoms with Gasteiger partial charge in [0.15, 0.2) is 0 Å². The lowest BCUT2D eigenvalue weighted by atomic mass is 9.86. The van der Waals surface area contributed by atoms with Crippen molar-refractivity contribution in [2.24, 2.45) is 5.92 Å². The van der Waals surface area contributed by atoms with Crippen LogP contribution in [-0.2, 0) is 28.5 Å². The molecule has 700 valence electrons. The van der Waals surface area contributed by atoms with E-state index in [1.54, 1.807) is 68.0 Å². The molecule has 1 amide bonds. The Morgan fingerprint density at radius 1 is 0.388 bits per heavy atom. The van der Waals surface area contributed by atoms with Crippen LogP contribution < -0.4 is 64.7 Å². The first-order chi connectivity index (χ1) is 65.9. The molecule has 4 saturated carbocycles. The first-order valence-corrected chi connectivity index (χ1v) is 47.1. The average Bonchev–Trinajstić information content (AvgIpc) is 0.802. The van der Waals surface area contributed by atoms with Gasteiger partial charge in [-0.25, -0.2) is 49.7 Å². The monoisotopic (exact) mass is 1820 g/mol. The molecule has 0 unspecified atom stereocenters. The SMILES string of the molecule is C1=C(c2cnc(NC3CCC(Oc4cc(N5CCOCC5)cc5nccnc45)CC3)nc2)CCOC1.CN(C)c1cnc(NC2CCC(Oc3cc(N4CCOCC4)cc4nccnc34)CC2)nc1.O=C(Nc1cccnc1)C1CCC(Oc2cc(N3CCOCC3)cc3nccnc23)CC1.O=C(O)c1ccnc(NC2CCC(Oc3cc(N4CCOCC4)cc4nccnc34)CC2)c1. The highest BCUT2D eigenvalue weighted by atomic mass is 16.5. The molecule has 134 heavy (non-hydrogen) atoms. The molecule has 9 aliphatic rings. The normalized spacial score (nSPS) is 21.6. The van der Waals surface area contributed by atoms with Crippen LogP contribution in [0.1, 0.15) is 125 Å². The Morgan fingerprint density at radius 3 is 1.12 bits per heavy atom. The molecule has 13 heterocycles. The zero-order chi connectivity index (χ0) is 91.2. The maximum absolute atomic E-state index is 12.6. The zero-order valence-corrected chi connectivity index (χ0v) is 76.0. The van der Waals surface area contributed by atoms with Gasteiger partial charge in [-0.15, -0.1) is 0 Å². The largest absolute Gasteiger partial charge is 0.488 e. The van der Waals surface area contributed by atoms with Crippen LogP contribution in [0.2, 0.25) is 0 Å². The summed E-state index contributed by atoms with van der Waals surface area (Å²) in [5.41, 5.74) is 15.3. The van der Waals surface area contributed by atoms with Crippen molar-refractivity contribution in [3.63, 3.8) is 0 Å². The van der Waals surface area contributed by atoms with Crippen molar-refractivity contribution in [1.29, 1.82) is 0 Å². The second-order valence-corrected chi connectivity index (χ2v) is 35.1. The Labute approximate surface area is 778 Å². The minimum Gasteiger partial charge on any atom is -0.488 e. The Bertz CT molecular complexity index is 5890. The van der Waals surface area contributed by atoms with Gasteiger partial charge in [0.25, 0.3) is 0 Å². The molecule has 8 fully saturated rings. The lowest BCUT2D eigenvalue weighted by Gasteiger charge is -2.31. The first kappa shape index (κ1) is 91.3. The van der Waals surface area contributed by atoms with E-state index in [9.17, 15) is 14.7 Å². The number of pyridine rings is 2. The van der Waals surface area contributed by atoms with Crippen molar-refractivity contribution in [3.8, 4) is 23.0 Å². The molecule has 5 aliphatic heterocycles. The number of aromatic carboxylic acids is 1. The number of carbonyl (C=O) groups excluding carboxylic acids is 1. The van der Waals surface area contributed by atoms with Crippen LogP contribution in [0.3, 0.4) is 0 Å². The van der Waals surface area contributed by atoms with E-state index in [1.807, 2.05) is 55.9 Å². The summed E-state index contributed by atoms with van der Waals surface area (Å²) in [4.78, 5) is 97.6. The third-order valence-corrected chi connectivity index (χ3v) is 25.9. The van der Waals surface area contributed by atoms with Gasteiger partial charge in [-0.3, -0.25) is 29.7 Å². The maximum atomic E-state index is 12.6. The van der Waals surface area contributed by atoms with Gasteiger partial charge in [0.05, 0.1) is 148 Å². The van der Waals surface area contributed by atoms with Crippen molar-refractivity contribution in [2.45, 2.75) is 152 Å². The molecule has 35 heteroatoms. The zero-order valence-electron chi connectivity index (χ0n) is 76.0. The number of carboxylic acids is 1. The lowest BCUT2D eigenvalue weighted by Crippen LogP contribution is -2.36. The van der Waals surface area contributed by atoms with Gasteiger partial charge in [0.2, 0.25) is 17.8 Å². The highest BCUT2D eigenvalue weighted by molar-refractivity contribution is 5.93. The predicted molar refractivity (Wildman–Crippen MR) is 513 cm³/mol. The minimum absolute atomic E-state index is 0.00808. The number of fused-ring (bicyclic) bond motifs is 4. The molecular formula is C99H117N23O12. The van der Waals surface area contributed by atoms with Gasteiger partial charge < -0.3 is 93.5 Å². The summed E-state index contributed by atoms with van der Waals surface area (Å²) in [5, 5.41) is 22.5. The van der Waals surface area contributed by atoms with Crippen molar-refractivity contribution in [1.82, 2.24) is 69.8 Å². The average molecular weight is 1820 g/mol. The molecule has 0 atom stereocenters. The van der Waals surface area contributed by atoms with Crippen LogP contribution >= 0.6 is 0 Å². The van der Waals surface area contributed by atoms with Gasteiger partial charge in [-0.2, -0.15) is 0 Å². The minimum atomic E-state index is -0.952. The molecular weight excluding hydrogens is 1700 g/mol. The van der Waals surface area contributed by atoms with Crippen LogP contribution in [0.5, 0.6) is 23.0 Å². The molecule has 12 aromatic rings. The third-order valence-electron chi connectivity index (χ3n) is 25.9. The number of ether oxygens (including phenoxy) is 9. The molecule has 21 rings (SSSR count). The number of aromatic nitrogens is 14. The number of carboxylic acid groups (broad SMARTS) is 1. The smallest absolute Gasteiger partial charge is 0.335 e. The Hall–Kier alpha value is -13.2. The second kappa shape index (κ2) is 45.0. The molecule has 0 radical (unpaired) electrons. The number of hydrogen-bond donors (Lipinski definition) is 5. The van der Waals surface area contributed by atoms with Gasteiger partial charge in [0.1, 0.15) is 50.9 Å². The summed E-state index contributed by atoms with van der Waals surface area (Å²) >= 11 is 0. The summed E-state index contributed by atoms with van der Waals surface area (Å²) in [6.07, 6.45) is 44.4. The fourth-order valence-corrected chi connectivity index (χ4v) is 18.5. The Balaban J connectivity index is 0.000000120. The first-order valence-electron chi connectivity index (χ1n) is 47.1. The van der Waals surface area contributed by atoms with Crippen LogP contribution in [0.25, 0.3) is 49.7 Å². The van der Waals surface area contributed by atoms with Gasteiger partial charge in [-0.05, 0) is 163 Å². The second-order valence-electron chi connectivity index (χ2n) is 35.1. The maximum Gasteiger partial charge on any atom is 0.335 e. The number of nitrogens with one attached hydrogen (secondary N) is 4. The fourth-order valence-electron chi connectivity index (χ4n) is 18.5.